The molecule has 26 heavy (non-hydrogen) atoms. The third kappa shape index (κ3) is 6.44. The van der Waals surface area contributed by atoms with Crippen molar-refractivity contribution in [1.82, 2.24) is 15.5 Å². The normalized spacial score (nSPS) is 27.8. The molecule has 1 saturated carbocycles. The Bertz CT molecular complexity index is 446. The second-order valence-corrected chi connectivity index (χ2v) is 7.66. The molecule has 2 heterocycles. The molecule has 0 radical (unpaired) electrons. The Kier molecular flexibility index (Phi) is 9.50. The maximum atomic E-state index is 13.3. The molecule has 1 aliphatic carbocycles. The molecule has 2 saturated heterocycles. The largest absolute Gasteiger partial charge is 0.379 e. The Morgan fingerprint density at radius 3 is 2.38 bits per heavy atom. The van der Waals surface area contributed by atoms with Gasteiger partial charge in [0.15, 0.2) is 0 Å². The Morgan fingerprint density at radius 2 is 1.81 bits per heavy atom. The summed E-state index contributed by atoms with van der Waals surface area (Å²) in [4.78, 5) is 14.7. The van der Waals surface area contributed by atoms with E-state index in [9.17, 15) is 13.6 Å². The molecule has 2 aliphatic heterocycles. The van der Waals surface area contributed by atoms with Crippen LogP contribution in [0.4, 0.5) is 8.78 Å². The SMILES string of the molecule is Cl.Cl.O=C(NCC1(CN2CCOCC2)CCCCC1)C1CC(F)(F)CN1. The zero-order valence-electron chi connectivity index (χ0n) is 15.1. The minimum absolute atomic E-state index is 0. The van der Waals surface area contributed by atoms with Crippen LogP contribution in [-0.2, 0) is 9.53 Å². The number of alkyl halides is 2. The molecular formula is C17H31Cl2F2N3O2. The van der Waals surface area contributed by atoms with E-state index in [0.717, 1.165) is 45.7 Å². The number of nitrogens with zero attached hydrogens (tertiary/aromatic N) is 1. The fourth-order valence-electron chi connectivity index (χ4n) is 4.22. The van der Waals surface area contributed by atoms with Crippen molar-refractivity contribution in [3.05, 3.63) is 0 Å². The Balaban J connectivity index is 0.00000169. The van der Waals surface area contributed by atoms with Gasteiger partial charge in [0.1, 0.15) is 0 Å². The van der Waals surface area contributed by atoms with Crippen LogP contribution in [0.25, 0.3) is 0 Å². The van der Waals surface area contributed by atoms with Crippen LogP contribution in [0.5, 0.6) is 0 Å². The van der Waals surface area contributed by atoms with Gasteiger partial charge in [-0.3, -0.25) is 15.0 Å². The molecule has 1 unspecified atom stereocenters. The lowest BCUT2D eigenvalue weighted by atomic mass is 9.73. The average Bonchev–Trinajstić information content (AvgIpc) is 2.95. The summed E-state index contributed by atoms with van der Waals surface area (Å²) in [5.41, 5.74) is 0.0758. The molecule has 1 amide bonds. The van der Waals surface area contributed by atoms with Crippen molar-refractivity contribution in [2.75, 3.05) is 45.9 Å². The minimum atomic E-state index is -2.77. The molecule has 0 aromatic rings. The lowest BCUT2D eigenvalue weighted by molar-refractivity contribution is -0.124. The first kappa shape index (κ1) is 23.8. The Morgan fingerprint density at radius 1 is 1.15 bits per heavy atom. The monoisotopic (exact) mass is 417 g/mol. The van der Waals surface area contributed by atoms with E-state index in [0.29, 0.717) is 6.54 Å². The summed E-state index contributed by atoms with van der Waals surface area (Å²) >= 11 is 0. The van der Waals surface area contributed by atoms with E-state index in [1.807, 2.05) is 0 Å². The Labute approximate surface area is 166 Å². The van der Waals surface area contributed by atoms with Gasteiger partial charge >= 0.3 is 0 Å². The number of carbonyl (C=O) groups excluding carboxylic acids is 1. The van der Waals surface area contributed by atoms with Crippen LogP contribution in [0, 0.1) is 5.41 Å². The molecular weight excluding hydrogens is 387 g/mol. The molecule has 1 atom stereocenters. The Hall–Kier alpha value is -0.210. The highest BCUT2D eigenvalue weighted by atomic mass is 35.5. The van der Waals surface area contributed by atoms with Gasteiger partial charge in [0.2, 0.25) is 5.91 Å². The number of nitrogens with one attached hydrogen (secondary N) is 2. The van der Waals surface area contributed by atoms with Crippen LogP contribution < -0.4 is 10.6 Å². The van der Waals surface area contributed by atoms with E-state index >= 15 is 0 Å². The third-order valence-corrected chi connectivity index (χ3v) is 5.64. The van der Waals surface area contributed by atoms with Gasteiger partial charge in [-0.2, -0.15) is 0 Å². The number of amides is 1. The zero-order chi connectivity index (χ0) is 17.0. The minimum Gasteiger partial charge on any atom is -0.379 e. The van der Waals surface area contributed by atoms with E-state index in [2.05, 4.69) is 15.5 Å². The van der Waals surface area contributed by atoms with Crippen LogP contribution in [-0.4, -0.2) is 68.7 Å². The van der Waals surface area contributed by atoms with Gasteiger partial charge in [0.25, 0.3) is 5.92 Å². The number of hydrogen-bond acceptors (Lipinski definition) is 4. The first-order chi connectivity index (χ1) is 11.5. The van der Waals surface area contributed by atoms with Gasteiger partial charge in [0, 0.05) is 38.0 Å². The summed E-state index contributed by atoms with van der Waals surface area (Å²) in [6.45, 7) is 4.56. The molecule has 0 bridgehead atoms. The molecule has 9 heteroatoms. The first-order valence-corrected chi connectivity index (χ1v) is 9.17. The molecule has 0 aromatic carbocycles. The summed E-state index contributed by atoms with van der Waals surface area (Å²) in [5, 5.41) is 5.61. The van der Waals surface area contributed by atoms with Gasteiger partial charge in [-0.25, -0.2) is 8.78 Å². The van der Waals surface area contributed by atoms with E-state index in [1.165, 1.54) is 19.3 Å². The molecule has 3 aliphatic rings. The summed E-state index contributed by atoms with van der Waals surface area (Å²) in [7, 11) is 0. The highest BCUT2D eigenvalue weighted by Gasteiger charge is 2.43. The smallest absolute Gasteiger partial charge is 0.262 e. The number of carbonyl (C=O) groups is 1. The number of hydrogen-bond donors (Lipinski definition) is 2. The van der Waals surface area contributed by atoms with Gasteiger partial charge in [-0.15, -0.1) is 24.8 Å². The van der Waals surface area contributed by atoms with Crippen molar-refractivity contribution in [1.29, 1.82) is 0 Å². The molecule has 154 valence electrons. The topological polar surface area (TPSA) is 53.6 Å². The number of ether oxygens (including phenoxy) is 1. The number of rotatable bonds is 5. The van der Waals surface area contributed by atoms with Crippen molar-refractivity contribution < 1.29 is 18.3 Å². The summed E-state index contributed by atoms with van der Waals surface area (Å²) in [6, 6.07) is -0.760. The molecule has 0 aromatic heterocycles. The fourth-order valence-corrected chi connectivity index (χ4v) is 4.22. The molecule has 2 N–H and O–H groups in total. The van der Waals surface area contributed by atoms with E-state index in [4.69, 9.17) is 4.74 Å². The predicted octanol–water partition coefficient (Wildman–Crippen LogP) is 2.23. The molecule has 5 nitrogen and oxygen atoms in total. The second kappa shape index (κ2) is 10.4. The maximum absolute atomic E-state index is 13.3. The van der Waals surface area contributed by atoms with Crippen molar-refractivity contribution in [3.8, 4) is 0 Å². The lowest BCUT2D eigenvalue weighted by Gasteiger charge is -2.42. The van der Waals surface area contributed by atoms with Crippen LogP contribution in [0.15, 0.2) is 0 Å². The summed E-state index contributed by atoms with van der Waals surface area (Å²) < 4.78 is 32.0. The van der Waals surface area contributed by atoms with Crippen molar-refractivity contribution in [3.63, 3.8) is 0 Å². The van der Waals surface area contributed by atoms with Gasteiger partial charge in [-0.1, -0.05) is 19.3 Å². The molecule has 0 spiro atoms. The summed E-state index contributed by atoms with van der Waals surface area (Å²) in [5.74, 6) is -3.04. The van der Waals surface area contributed by atoms with Gasteiger partial charge in [0.05, 0.1) is 25.8 Å². The molecule has 3 fully saturated rings. The highest BCUT2D eigenvalue weighted by molar-refractivity contribution is 5.85. The fraction of sp³-hybridized carbons (Fsp3) is 0.941. The quantitative estimate of drug-likeness (QED) is 0.719. The van der Waals surface area contributed by atoms with Crippen molar-refractivity contribution in [2.45, 2.75) is 50.5 Å². The first-order valence-electron chi connectivity index (χ1n) is 9.17. The maximum Gasteiger partial charge on any atom is 0.262 e. The second-order valence-electron chi connectivity index (χ2n) is 7.66. The number of morpholine rings is 1. The lowest BCUT2D eigenvalue weighted by Crippen LogP contribution is -2.51. The molecule has 3 rings (SSSR count). The van der Waals surface area contributed by atoms with Crippen LogP contribution >= 0.6 is 24.8 Å². The van der Waals surface area contributed by atoms with Gasteiger partial charge < -0.3 is 10.1 Å². The van der Waals surface area contributed by atoms with Crippen LogP contribution in [0.2, 0.25) is 0 Å². The van der Waals surface area contributed by atoms with Crippen molar-refractivity contribution >= 4 is 30.7 Å². The van der Waals surface area contributed by atoms with E-state index < -0.39 is 24.9 Å². The van der Waals surface area contributed by atoms with Crippen LogP contribution in [0.3, 0.4) is 0 Å². The average molecular weight is 418 g/mol. The summed E-state index contributed by atoms with van der Waals surface area (Å²) in [6.07, 6.45) is 5.40. The highest BCUT2D eigenvalue weighted by Crippen LogP contribution is 2.37. The zero-order valence-corrected chi connectivity index (χ0v) is 16.7. The van der Waals surface area contributed by atoms with Crippen LogP contribution in [0.1, 0.15) is 38.5 Å². The van der Waals surface area contributed by atoms with Crippen molar-refractivity contribution in [2.24, 2.45) is 5.41 Å². The predicted molar refractivity (Wildman–Crippen MR) is 102 cm³/mol. The standard InChI is InChI=1S/C17H29F2N3O2.2ClH/c18-17(19)10-14(20-12-17)15(23)21-11-16(4-2-1-3-5-16)13-22-6-8-24-9-7-22;;/h14,20H,1-13H2,(H,21,23);2*1H. The van der Waals surface area contributed by atoms with E-state index in [1.54, 1.807) is 0 Å². The van der Waals surface area contributed by atoms with E-state index in [-0.39, 0.29) is 36.1 Å². The number of halogens is 4. The third-order valence-electron chi connectivity index (χ3n) is 5.64. The van der Waals surface area contributed by atoms with Gasteiger partial charge in [-0.05, 0) is 12.8 Å².